The summed E-state index contributed by atoms with van der Waals surface area (Å²) < 4.78 is 24.9. The van der Waals surface area contributed by atoms with Gasteiger partial charge in [0.25, 0.3) is 0 Å². The molecule has 2 aliphatic carbocycles. The lowest BCUT2D eigenvalue weighted by Crippen LogP contribution is -2.39. The monoisotopic (exact) mass is 217 g/mol. The van der Waals surface area contributed by atoms with Gasteiger partial charge in [0.05, 0.1) is 6.26 Å². The van der Waals surface area contributed by atoms with Crippen LogP contribution in [0.5, 0.6) is 0 Å². The molecule has 2 bridgehead atoms. The average Bonchev–Trinajstić information content (AvgIpc) is 2.59. The largest absolute Gasteiger partial charge is 0.213 e. The second kappa shape index (κ2) is 3.49. The van der Waals surface area contributed by atoms with Crippen LogP contribution in [0.2, 0.25) is 0 Å². The van der Waals surface area contributed by atoms with E-state index in [0.29, 0.717) is 5.92 Å². The highest BCUT2D eigenvalue weighted by molar-refractivity contribution is 7.88. The van der Waals surface area contributed by atoms with E-state index < -0.39 is 10.0 Å². The van der Waals surface area contributed by atoms with Gasteiger partial charge in [-0.3, -0.25) is 0 Å². The smallest absolute Gasteiger partial charge is 0.208 e. The van der Waals surface area contributed by atoms with Gasteiger partial charge in [-0.25, -0.2) is 13.1 Å². The molecule has 0 aromatic rings. The lowest BCUT2D eigenvalue weighted by atomic mass is 9.84. The molecule has 3 nitrogen and oxygen atoms in total. The van der Waals surface area contributed by atoms with Crippen LogP contribution in [-0.2, 0) is 10.0 Å². The molecule has 0 aliphatic heterocycles. The molecular weight excluding hydrogens is 198 g/mol. The van der Waals surface area contributed by atoms with Gasteiger partial charge < -0.3 is 0 Å². The third kappa shape index (κ3) is 2.11. The second-order valence-corrected chi connectivity index (χ2v) is 6.80. The Labute approximate surface area is 86.3 Å². The summed E-state index contributed by atoms with van der Waals surface area (Å²) in [5.41, 5.74) is 0. The molecule has 82 valence electrons. The summed E-state index contributed by atoms with van der Waals surface area (Å²) in [6.07, 6.45) is 6.49. The zero-order chi connectivity index (χ0) is 10.3. The minimum absolute atomic E-state index is 0.125. The fraction of sp³-hybridized carbons (Fsp3) is 1.00. The summed E-state index contributed by atoms with van der Waals surface area (Å²) in [6.45, 7) is 2.01. The molecule has 2 saturated carbocycles. The first kappa shape index (κ1) is 10.4. The van der Waals surface area contributed by atoms with Crippen molar-refractivity contribution >= 4 is 10.0 Å². The molecule has 4 heteroatoms. The Bertz CT molecular complexity index is 312. The van der Waals surface area contributed by atoms with Crippen molar-refractivity contribution < 1.29 is 8.42 Å². The van der Waals surface area contributed by atoms with Gasteiger partial charge in [0.1, 0.15) is 0 Å². The molecule has 0 heterocycles. The van der Waals surface area contributed by atoms with E-state index in [1.807, 2.05) is 6.92 Å². The van der Waals surface area contributed by atoms with E-state index >= 15 is 0 Å². The first-order valence-electron chi connectivity index (χ1n) is 5.43. The zero-order valence-corrected chi connectivity index (χ0v) is 9.68. The summed E-state index contributed by atoms with van der Waals surface area (Å²) in [4.78, 5) is 0. The van der Waals surface area contributed by atoms with E-state index in [1.165, 1.54) is 31.9 Å². The predicted octanol–water partition coefficient (Wildman–Crippen LogP) is 1.36. The van der Waals surface area contributed by atoms with Crippen molar-refractivity contribution in [2.75, 3.05) is 6.26 Å². The van der Waals surface area contributed by atoms with Crippen LogP contribution in [0.15, 0.2) is 0 Å². The Kier molecular flexibility index (Phi) is 2.60. The predicted molar refractivity (Wildman–Crippen MR) is 56.4 cm³/mol. The summed E-state index contributed by atoms with van der Waals surface area (Å²) in [6, 6.07) is 0.125. The van der Waals surface area contributed by atoms with Crippen LogP contribution in [0, 0.1) is 17.8 Å². The van der Waals surface area contributed by atoms with Crippen molar-refractivity contribution in [3.63, 3.8) is 0 Å². The van der Waals surface area contributed by atoms with Crippen molar-refractivity contribution in [3.05, 3.63) is 0 Å². The van der Waals surface area contributed by atoms with Crippen LogP contribution >= 0.6 is 0 Å². The van der Waals surface area contributed by atoms with Crippen molar-refractivity contribution in [3.8, 4) is 0 Å². The van der Waals surface area contributed by atoms with Gasteiger partial charge in [0, 0.05) is 6.04 Å². The molecule has 1 N–H and O–H groups in total. The van der Waals surface area contributed by atoms with E-state index in [1.54, 1.807) is 0 Å². The highest BCUT2D eigenvalue weighted by Crippen LogP contribution is 2.49. The molecule has 2 fully saturated rings. The molecule has 2 rings (SSSR count). The Hall–Kier alpha value is -0.0900. The minimum atomic E-state index is -3.03. The number of rotatable bonds is 3. The van der Waals surface area contributed by atoms with Crippen LogP contribution in [0.4, 0.5) is 0 Å². The van der Waals surface area contributed by atoms with Crippen LogP contribution in [0.25, 0.3) is 0 Å². The van der Waals surface area contributed by atoms with Gasteiger partial charge in [-0.2, -0.15) is 0 Å². The van der Waals surface area contributed by atoms with E-state index in [0.717, 1.165) is 11.8 Å². The maximum atomic E-state index is 11.1. The molecule has 0 unspecified atom stereocenters. The van der Waals surface area contributed by atoms with E-state index in [-0.39, 0.29) is 6.04 Å². The van der Waals surface area contributed by atoms with Crippen molar-refractivity contribution in [1.82, 2.24) is 4.72 Å². The van der Waals surface area contributed by atoms with Crippen molar-refractivity contribution in [1.29, 1.82) is 0 Å². The third-order valence-corrected chi connectivity index (χ3v) is 4.63. The SMILES string of the molecule is C[C@@H](NS(C)(=O)=O)[C@@H]1C[C@@H]2CC[C@@H]1C2. The number of sulfonamides is 1. The normalized spacial score (nSPS) is 38.9. The molecule has 14 heavy (non-hydrogen) atoms. The topological polar surface area (TPSA) is 46.2 Å². The number of hydrogen-bond acceptors (Lipinski definition) is 2. The van der Waals surface area contributed by atoms with E-state index in [2.05, 4.69) is 4.72 Å². The Morgan fingerprint density at radius 1 is 1.29 bits per heavy atom. The Morgan fingerprint density at radius 3 is 2.43 bits per heavy atom. The number of nitrogens with one attached hydrogen (secondary N) is 1. The van der Waals surface area contributed by atoms with Gasteiger partial charge in [0.15, 0.2) is 0 Å². The summed E-state index contributed by atoms with van der Waals surface area (Å²) in [7, 11) is -3.03. The van der Waals surface area contributed by atoms with Crippen LogP contribution in [-0.4, -0.2) is 20.7 Å². The molecular formula is C10H19NO2S. The summed E-state index contributed by atoms with van der Waals surface area (Å²) in [5.74, 6) is 2.25. The number of hydrogen-bond donors (Lipinski definition) is 1. The maximum Gasteiger partial charge on any atom is 0.208 e. The Morgan fingerprint density at radius 2 is 2.00 bits per heavy atom. The first-order chi connectivity index (χ1) is 6.46. The highest BCUT2D eigenvalue weighted by atomic mass is 32.2. The second-order valence-electron chi connectivity index (χ2n) is 5.02. The molecule has 0 spiro atoms. The van der Waals surface area contributed by atoms with Crippen LogP contribution < -0.4 is 4.72 Å². The maximum absolute atomic E-state index is 11.1. The average molecular weight is 217 g/mol. The van der Waals surface area contributed by atoms with Gasteiger partial charge in [-0.1, -0.05) is 6.42 Å². The van der Waals surface area contributed by atoms with Crippen molar-refractivity contribution in [2.45, 2.75) is 38.6 Å². The molecule has 2 aliphatic rings. The lowest BCUT2D eigenvalue weighted by Gasteiger charge is -2.27. The van der Waals surface area contributed by atoms with Gasteiger partial charge in [-0.15, -0.1) is 0 Å². The third-order valence-electron chi connectivity index (χ3n) is 3.83. The number of fused-ring (bicyclic) bond motifs is 2. The summed E-state index contributed by atoms with van der Waals surface area (Å²) >= 11 is 0. The van der Waals surface area contributed by atoms with E-state index in [9.17, 15) is 8.42 Å². The first-order valence-corrected chi connectivity index (χ1v) is 7.32. The quantitative estimate of drug-likeness (QED) is 0.776. The molecule has 0 saturated heterocycles. The molecule has 0 aromatic heterocycles. The minimum Gasteiger partial charge on any atom is -0.213 e. The fourth-order valence-corrected chi connectivity index (χ4v) is 4.18. The fourth-order valence-electron chi connectivity index (χ4n) is 3.33. The molecule has 0 aromatic carbocycles. The van der Waals surface area contributed by atoms with Crippen molar-refractivity contribution in [2.24, 2.45) is 17.8 Å². The van der Waals surface area contributed by atoms with Gasteiger partial charge >= 0.3 is 0 Å². The van der Waals surface area contributed by atoms with Gasteiger partial charge in [-0.05, 0) is 43.9 Å². The van der Waals surface area contributed by atoms with Crippen LogP contribution in [0.1, 0.15) is 32.6 Å². The zero-order valence-electron chi connectivity index (χ0n) is 8.86. The molecule has 4 atom stereocenters. The molecule has 0 amide bonds. The Balaban J connectivity index is 1.96. The van der Waals surface area contributed by atoms with E-state index in [4.69, 9.17) is 0 Å². The summed E-state index contributed by atoms with van der Waals surface area (Å²) in [5, 5.41) is 0. The molecule has 0 radical (unpaired) electrons. The lowest BCUT2D eigenvalue weighted by molar-refractivity contribution is 0.280. The standard InChI is InChI=1S/C10H19NO2S/c1-7(11-14(2,12)13)10-6-8-3-4-9(10)5-8/h7-11H,3-6H2,1-2H3/t7-,8-,9-,10+/m1/s1. The van der Waals surface area contributed by atoms with Gasteiger partial charge in [0.2, 0.25) is 10.0 Å². The van der Waals surface area contributed by atoms with Crippen LogP contribution in [0.3, 0.4) is 0 Å². The highest BCUT2D eigenvalue weighted by Gasteiger charge is 2.42.